The van der Waals surface area contributed by atoms with Crippen molar-refractivity contribution in [1.82, 2.24) is 14.9 Å². The standard InChI is InChI=1S/C8H12BrN3/c1-12-7(5-11-8(12)9)4-10-6-2-3-6/h5-6,10H,2-4H2,1H3. The van der Waals surface area contributed by atoms with E-state index in [9.17, 15) is 0 Å². The van der Waals surface area contributed by atoms with E-state index in [2.05, 4.69) is 30.8 Å². The molecule has 1 aliphatic rings. The first kappa shape index (κ1) is 8.26. The van der Waals surface area contributed by atoms with Crippen molar-refractivity contribution in [1.29, 1.82) is 0 Å². The molecule has 0 atom stereocenters. The van der Waals surface area contributed by atoms with Crippen LogP contribution in [0.25, 0.3) is 0 Å². The van der Waals surface area contributed by atoms with E-state index in [0.29, 0.717) is 0 Å². The van der Waals surface area contributed by atoms with Gasteiger partial charge in [-0.3, -0.25) is 0 Å². The van der Waals surface area contributed by atoms with E-state index < -0.39 is 0 Å². The Morgan fingerprint density at radius 3 is 3.00 bits per heavy atom. The lowest BCUT2D eigenvalue weighted by Gasteiger charge is -2.03. The fourth-order valence-corrected chi connectivity index (χ4v) is 1.45. The summed E-state index contributed by atoms with van der Waals surface area (Å²) in [7, 11) is 2.01. The zero-order chi connectivity index (χ0) is 8.55. The van der Waals surface area contributed by atoms with Gasteiger partial charge in [-0.1, -0.05) is 0 Å². The minimum absolute atomic E-state index is 0.763. The molecular formula is C8H12BrN3. The van der Waals surface area contributed by atoms with Crippen LogP contribution in [0, 0.1) is 0 Å². The Balaban J connectivity index is 1.96. The predicted octanol–water partition coefficient (Wildman–Crippen LogP) is 1.43. The largest absolute Gasteiger partial charge is 0.325 e. The van der Waals surface area contributed by atoms with Gasteiger partial charge in [0, 0.05) is 19.6 Å². The second kappa shape index (κ2) is 3.18. The molecule has 0 spiro atoms. The Kier molecular flexibility index (Phi) is 2.19. The van der Waals surface area contributed by atoms with Crippen LogP contribution in [0.1, 0.15) is 18.5 Å². The predicted molar refractivity (Wildman–Crippen MR) is 50.8 cm³/mol. The molecule has 0 saturated heterocycles. The Morgan fingerprint density at radius 1 is 1.75 bits per heavy atom. The normalized spacial score (nSPS) is 16.8. The number of hydrogen-bond donors (Lipinski definition) is 1. The van der Waals surface area contributed by atoms with Gasteiger partial charge in [0.05, 0.1) is 11.9 Å². The summed E-state index contributed by atoms with van der Waals surface area (Å²) < 4.78 is 2.95. The summed E-state index contributed by atoms with van der Waals surface area (Å²) in [4.78, 5) is 4.15. The number of rotatable bonds is 3. The molecule has 4 heteroatoms. The van der Waals surface area contributed by atoms with Crippen LogP contribution >= 0.6 is 15.9 Å². The lowest BCUT2D eigenvalue weighted by molar-refractivity contribution is 0.648. The molecule has 1 aliphatic carbocycles. The maximum absolute atomic E-state index is 4.15. The summed E-state index contributed by atoms with van der Waals surface area (Å²) in [5.74, 6) is 0. The minimum Gasteiger partial charge on any atom is -0.325 e. The smallest absolute Gasteiger partial charge is 0.177 e. The van der Waals surface area contributed by atoms with E-state index in [0.717, 1.165) is 17.3 Å². The monoisotopic (exact) mass is 229 g/mol. The van der Waals surface area contributed by atoms with Crippen LogP contribution in [0.15, 0.2) is 10.9 Å². The molecule has 0 aromatic carbocycles. The molecule has 0 radical (unpaired) electrons. The third-order valence-corrected chi connectivity index (χ3v) is 2.91. The van der Waals surface area contributed by atoms with Gasteiger partial charge < -0.3 is 9.88 Å². The maximum Gasteiger partial charge on any atom is 0.177 e. The van der Waals surface area contributed by atoms with Crippen LogP contribution in [0.3, 0.4) is 0 Å². The van der Waals surface area contributed by atoms with Gasteiger partial charge in [0.15, 0.2) is 4.73 Å². The lowest BCUT2D eigenvalue weighted by Crippen LogP contribution is -2.17. The van der Waals surface area contributed by atoms with Gasteiger partial charge in [0.2, 0.25) is 0 Å². The van der Waals surface area contributed by atoms with Crippen molar-refractivity contribution in [2.24, 2.45) is 7.05 Å². The van der Waals surface area contributed by atoms with E-state index in [4.69, 9.17) is 0 Å². The number of halogens is 1. The van der Waals surface area contributed by atoms with Crippen LogP contribution in [0.2, 0.25) is 0 Å². The zero-order valence-electron chi connectivity index (χ0n) is 7.05. The van der Waals surface area contributed by atoms with Gasteiger partial charge in [0.25, 0.3) is 0 Å². The minimum atomic E-state index is 0.763. The van der Waals surface area contributed by atoms with Crippen molar-refractivity contribution >= 4 is 15.9 Å². The van der Waals surface area contributed by atoms with E-state index in [1.807, 2.05) is 13.2 Å². The molecule has 3 nitrogen and oxygen atoms in total. The first-order chi connectivity index (χ1) is 5.77. The van der Waals surface area contributed by atoms with Gasteiger partial charge in [0.1, 0.15) is 0 Å². The number of hydrogen-bond acceptors (Lipinski definition) is 2. The fourth-order valence-electron chi connectivity index (χ4n) is 1.12. The van der Waals surface area contributed by atoms with Crippen LogP contribution in [-0.4, -0.2) is 15.6 Å². The van der Waals surface area contributed by atoms with Gasteiger partial charge >= 0.3 is 0 Å². The van der Waals surface area contributed by atoms with Crippen molar-refractivity contribution in [3.8, 4) is 0 Å². The van der Waals surface area contributed by atoms with E-state index in [1.165, 1.54) is 18.5 Å². The Hall–Kier alpha value is -0.350. The van der Waals surface area contributed by atoms with Crippen molar-refractivity contribution in [2.45, 2.75) is 25.4 Å². The third-order valence-electron chi connectivity index (χ3n) is 2.18. The van der Waals surface area contributed by atoms with Crippen molar-refractivity contribution < 1.29 is 0 Å². The SMILES string of the molecule is Cn1c(CNC2CC2)cnc1Br. The quantitative estimate of drug-likeness (QED) is 0.851. The Bertz CT molecular complexity index is 278. The molecule has 12 heavy (non-hydrogen) atoms. The molecule has 1 aromatic heterocycles. The average molecular weight is 230 g/mol. The highest BCUT2D eigenvalue weighted by Crippen LogP contribution is 2.19. The molecule has 2 rings (SSSR count). The highest BCUT2D eigenvalue weighted by Gasteiger charge is 2.20. The van der Waals surface area contributed by atoms with E-state index in [-0.39, 0.29) is 0 Å². The highest BCUT2D eigenvalue weighted by molar-refractivity contribution is 9.10. The molecule has 1 heterocycles. The molecule has 0 amide bonds. The molecule has 0 aliphatic heterocycles. The molecule has 1 N–H and O–H groups in total. The van der Waals surface area contributed by atoms with Crippen LogP contribution in [0.5, 0.6) is 0 Å². The van der Waals surface area contributed by atoms with Crippen molar-refractivity contribution in [2.75, 3.05) is 0 Å². The third kappa shape index (κ3) is 1.69. The summed E-state index contributed by atoms with van der Waals surface area (Å²) in [5.41, 5.74) is 1.23. The zero-order valence-corrected chi connectivity index (χ0v) is 8.63. The number of nitrogens with one attached hydrogen (secondary N) is 1. The highest BCUT2D eigenvalue weighted by atomic mass is 79.9. The molecule has 0 bridgehead atoms. The topological polar surface area (TPSA) is 29.9 Å². The van der Waals surface area contributed by atoms with Crippen molar-refractivity contribution in [3.63, 3.8) is 0 Å². The molecule has 66 valence electrons. The average Bonchev–Trinajstić information content (AvgIpc) is 2.82. The fraction of sp³-hybridized carbons (Fsp3) is 0.625. The second-order valence-electron chi connectivity index (χ2n) is 3.23. The van der Waals surface area contributed by atoms with Gasteiger partial charge in [-0.15, -0.1) is 0 Å². The van der Waals surface area contributed by atoms with E-state index >= 15 is 0 Å². The molecule has 0 unspecified atom stereocenters. The van der Waals surface area contributed by atoms with E-state index in [1.54, 1.807) is 0 Å². The summed E-state index contributed by atoms with van der Waals surface area (Å²) in [6.45, 7) is 0.930. The number of imidazole rings is 1. The Labute approximate surface area is 80.3 Å². The maximum atomic E-state index is 4.15. The lowest BCUT2D eigenvalue weighted by atomic mass is 10.4. The van der Waals surface area contributed by atoms with Crippen molar-refractivity contribution in [3.05, 3.63) is 16.6 Å². The molecule has 1 saturated carbocycles. The summed E-state index contributed by atoms with van der Waals surface area (Å²) in [6.07, 6.45) is 4.57. The Morgan fingerprint density at radius 2 is 2.50 bits per heavy atom. The van der Waals surface area contributed by atoms with Gasteiger partial charge in [-0.05, 0) is 28.8 Å². The number of aromatic nitrogens is 2. The summed E-state index contributed by atoms with van der Waals surface area (Å²) in [5, 5.41) is 3.45. The second-order valence-corrected chi connectivity index (χ2v) is 3.94. The summed E-state index contributed by atoms with van der Waals surface area (Å²) >= 11 is 3.36. The van der Waals surface area contributed by atoms with Gasteiger partial charge in [-0.25, -0.2) is 4.98 Å². The first-order valence-corrected chi connectivity index (χ1v) is 4.96. The van der Waals surface area contributed by atoms with Crippen LogP contribution in [-0.2, 0) is 13.6 Å². The summed E-state index contributed by atoms with van der Waals surface area (Å²) in [6, 6.07) is 0.763. The van der Waals surface area contributed by atoms with Gasteiger partial charge in [-0.2, -0.15) is 0 Å². The van der Waals surface area contributed by atoms with Crippen LogP contribution < -0.4 is 5.32 Å². The molecular weight excluding hydrogens is 218 g/mol. The van der Waals surface area contributed by atoms with Crippen LogP contribution in [0.4, 0.5) is 0 Å². The molecule has 1 aromatic rings. The number of nitrogens with zero attached hydrogens (tertiary/aromatic N) is 2. The molecule has 1 fully saturated rings. The first-order valence-electron chi connectivity index (χ1n) is 4.17.